The van der Waals surface area contributed by atoms with Gasteiger partial charge in [0, 0.05) is 6.42 Å². The van der Waals surface area contributed by atoms with Crippen molar-refractivity contribution >= 4 is 11.9 Å². The number of hydrogen-bond donors (Lipinski definition) is 2. The summed E-state index contributed by atoms with van der Waals surface area (Å²) in [7, 11) is 0. The topological polar surface area (TPSA) is 89.6 Å². The third-order valence-corrected chi connectivity index (χ3v) is 8.09. The number of ether oxygens (including phenoxy) is 1. The molecule has 0 radical (unpaired) electrons. The van der Waals surface area contributed by atoms with Crippen LogP contribution in [0.2, 0.25) is 0 Å². The number of rotatable bonds is 31. The Morgan fingerprint density at radius 3 is 1.21 bits per heavy atom. The van der Waals surface area contributed by atoms with Crippen LogP contribution in [0.25, 0.3) is 0 Å². The third kappa shape index (κ3) is 28.2. The van der Waals surface area contributed by atoms with Crippen molar-refractivity contribution in [1.82, 2.24) is 0 Å². The van der Waals surface area contributed by atoms with Crippen LogP contribution in [0, 0.1) is 0 Å². The number of carboxylic acids is 1. The fourth-order valence-corrected chi connectivity index (χ4v) is 5.33. The van der Waals surface area contributed by atoms with E-state index in [1.54, 1.807) is 0 Å². The highest BCUT2D eigenvalue weighted by atomic mass is 16.5. The number of carboxylic acid groups (broad SMARTS) is 1. The van der Waals surface area contributed by atoms with Crippen LogP contribution in [0.1, 0.15) is 194 Å². The van der Waals surface area contributed by atoms with E-state index in [9.17, 15) is 9.59 Å². The maximum Gasteiger partial charge on any atom is 0.323 e. The van der Waals surface area contributed by atoms with Gasteiger partial charge in [-0.1, -0.05) is 162 Å². The summed E-state index contributed by atoms with van der Waals surface area (Å²) in [6, 6.07) is -0.839. The zero-order valence-electron chi connectivity index (χ0n) is 26.2. The summed E-state index contributed by atoms with van der Waals surface area (Å²) >= 11 is 0. The summed E-state index contributed by atoms with van der Waals surface area (Å²) in [5, 5.41) is 8.71. The van der Waals surface area contributed by atoms with Crippen molar-refractivity contribution in [3.05, 3.63) is 0 Å². The fourth-order valence-electron chi connectivity index (χ4n) is 5.33. The minimum Gasteiger partial charge on any atom is -0.481 e. The highest BCUT2D eigenvalue weighted by Crippen LogP contribution is 2.17. The van der Waals surface area contributed by atoms with Crippen LogP contribution in [0.15, 0.2) is 0 Å². The lowest BCUT2D eigenvalue weighted by Crippen LogP contribution is -2.35. The number of esters is 1. The Morgan fingerprint density at radius 1 is 0.564 bits per heavy atom. The van der Waals surface area contributed by atoms with Gasteiger partial charge in [-0.15, -0.1) is 0 Å². The van der Waals surface area contributed by atoms with E-state index in [0.717, 1.165) is 19.3 Å². The summed E-state index contributed by atoms with van der Waals surface area (Å²) in [5.74, 6) is -1.40. The van der Waals surface area contributed by atoms with E-state index < -0.39 is 18.0 Å². The van der Waals surface area contributed by atoms with Crippen molar-refractivity contribution in [2.75, 3.05) is 0 Å². The molecule has 0 aliphatic carbocycles. The van der Waals surface area contributed by atoms with E-state index in [1.165, 1.54) is 148 Å². The van der Waals surface area contributed by atoms with Crippen LogP contribution in [-0.2, 0) is 14.3 Å². The van der Waals surface area contributed by atoms with Crippen LogP contribution in [0.3, 0.4) is 0 Å². The molecule has 39 heavy (non-hydrogen) atoms. The quantitative estimate of drug-likeness (QED) is 0.0658. The Hall–Kier alpha value is -1.10. The van der Waals surface area contributed by atoms with Gasteiger partial charge in [-0.05, 0) is 25.7 Å². The lowest BCUT2D eigenvalue weighted by atomic mass is 10.0. The predicted molar refractivity (Wildman–Crippen MR) is 166 cm³/mol. The second-order valence-electron chi connectivity index (χ2n) is 11.9. The van der Waals surface area contributed by atoms with Crippen molar-refractivity contribution in [3.8, 4) is 0 Å². The van der Waals surface area contributed by atoms with Crippen LogP contribution < -0.4 is 5.73 Å². The Kier molecular flexibility index (Phi) is 29.0. The first kappa shape index (κ1) is 37.9. The molecule has 0 amide bonds. The summed E-state index contributed by atoms with van der Waals surface area (Å²) in [5.41, 5.74) is 5.75. The number of nitrogens with two attached hydrogens (primary N) is 1. The molecule has 0 aliphatic rings. The summed E-state index contributed by atoms with van der Waals surface area (Å²) in [6.45, 7) is 4.30. The van der Waals surface area contributed by atoms with E-state index in [1.807, 2.05) is 6.92 Å². The predicted octanol–water partition coefficient (Wildman–Crippen LogP) is 10.3. The van der Waals surface area contributed by atoms with Crippen molar-refractivity contribution in [2.45, 2.75) is 206 Å². The van der Waals surface area contributed by atoms with E-state index in [2.05, 4.69) is 6.92 Å². The largest absolute Gasteiger partial charge is 0.481 e. The minimum absolute atomic E-state index is 0.104. The van der Waals surface area contributed by atoms with Crippen molar-refractivity contribution < 1.29 is 19.4 Å². The molecule has 0 aromatic heterocycles. The Morgan fingerprint density at radius 2 is 0.897 bits per heavy atom. The van der Waals surface area contributed by atoms with Gasteiger partial charge >= 0.3 is 11.9 Å². The molecule has 0 aliphatic heterocycles. The standard InChI is InChI=1S/C34H67NO4/c1-3-5-6-7-8-9-10-11-12-13-14-15-16-17-18-19-20-21-22-23-24-25-26-27-28-31(4-2)39-34(38)32(35)29-30-33(36)37/h31-32H,3-30,35H2,1-2H3,(H,36,37)/t31?,32-/m0/s1. The smallest absolute Gasteiger partial charge is 0.323 e. The van der Waals surface area contributed by atoms with Gasteiger partial charge in [0.25, 0.3) is 0 Å². The molecule has 0 aromatic rings. The average Bonchev–Trinajstić information content (AvgIpc) is 2.93. The van der Waals surface area contributed by atoms with Crippen molar-refractivity contribution in [3.63, 3.8) is 0 Å². The lowest BCUT2D eigenvalue weighted by molar-refractivity contribution is -0.151. The number of carbonyl (C=O) groups excluding carboxylic acids is 1. The first-order valence-corrected chi connectivity index (χ1v) is 17.2. The Bertz CT molecular complexity index is 539. The Balaban J connectivity index is 3.33. The van der Waals surface area contributed by atoms with E-state index in [4.69, 9.17) is 15.6 Å². The SMILES string of the molecule is CCCCCCCCCCCCCCCCCCCCCCCCCCC(CC)OC(=O)[C@@H](N)CCC(=O)O. The van der Waals surface area contributed by atoms with Crippen molar-refractivity contribution in [2.24, 2.45) is 5.73 Å². The van der Waals surface area contributed by atoms with Crippen LogP contribution in [0.5, 0.6) is 0 Å². The molecule has 0 aromatic carbocycles. The van der Waals surface area contributed by atoms with Crippen LogP contribution in [0.4, 0.5) is 0 Å². The maximum absolute atomic E-state index is 12.0. The van der Waals surface area contributed by atoms with Gasteiger partial charge in [0.15, 0.2) is 0 Å². The zero-order chi connectivity index (χ0) is 28.8. The monoisotopic (exact) mass is 554 g/mol. The third-order valence-electron chi connectivity index (χ3n) is 8.09. The molecule has 0 saturated carbocycles. The minimum atomic E-state index is -0.939. The van der Waals surface area contributed by atoms with Gasteiger partial charge < -0.3 is 15.6 Å². The highest BCUT2D eigenvalue weighted by molar-refractivity contribution is 5.76. The van der Waals surface area contributed by atoms with E-state index in [-0.39, 0.29) is 18.9 Å². The lowest BCUT2D eigenvalue weighted by Gasteiger charge is -2.18. The molecule has 3 N–H and O–H groups in total. The molecule has 0 bridgehead atoms. The van der Waals surface area contributed by atoms with Gasteiger partial charge in [-0.3, -0.25) is 9.59 Å². The van der Waals surface area contributed by atoms with Gasteiger partial charge in [0.05, 0.1) is 0 Å². The molecule has 0 spiro atoms. The molecular formula is C34H67NO4. The second kappa shape index (κ2) is 29.9. The molecule has 1 unspecified atom stereocenters. The normalized spacial score (nSPS) is 12.9. The molecule has 0 fully saturated rings. The van der Waals surface area contributed by atoms with Gasteiger partial charge in [0.1, 0.15) is 12.1 Å². The maximum atomic E-state index is 12.0. The number of aliphatic carboxylic acids is 1. The average molecular weight is 554 g/mol. The number of unbranched alkanes of at least 4 members (excludes halogenated alkanes) is 23. The molecule has 232 valence electrons. The molecule has 5 nitrogen and oxygen atoms in total. The first-order valence-electron chi connectivity index (χ1n) is 17.2. The van der Waals surface area contributed by atoms with Gasteiger partial charge in [-0.25, -0.2) is 0 Å². The van der Waals surface area contributed by atoms with Crippen molar-refractivity contribution in [1.29, 1.82) is 0 Å². The Labute approximate surface area is 242 Å². The number of hydrogen-bond acceptors (Lipinski definition) is 4. The summed E-state index contributed by atoms with van der Waals surface area (Å²) in [6.07, 6.45) is 34.8. The number of carbonyl (C=O) groups is 2. The van der Waals surface area contributed by atoms with Crippen LogP contribution in [-0.4, -0.2) is 29.2 Å². The molecule has 0 saturated heterocycles. The van der Waals surface area contributed by atoms with E-state index >= 15 is 0 Å². The van der Waals surface area contributed by atoms with Gasteiger partial charge in [0.2, 0.25) is 0 Å². The molecule has 2 atom stereocenters. The molecule has 5 heteroatoms. The second-order valence-corrected chi connectivity index (χ2v) is 11.9. The molecule has 0 heterocycles. The van der Waals surface area contributed by atoms with Gasteiger partial charge in [-0.2, -0.15) is 0 Å². The summed E-state index contributed by atoms with van der Waals surface area (Å²) in [4.78, 5) is 22.6. The van der Waals surface area contributed by atoms with E-state index in [0.29, 0.717) is 0 Å². The molecular weight excluding hydrogens is 486 g/mol. The van der Waals surface area contributed by atoms with Crippen LogP contribution >= 0.6 is 0 Å². The highest BCUT2D eigenvalue weighted by Gasteiger charge is 2.20. The summed E-state index contributed by atoms with van der Waals surface area (Å²) < 4.78 is 5.49. The zero-order valence-corrected chi connectivity index (χ0v) is 26.2. The fraction of sp³-hybridized carbons (Fsp3) is 0.941. The molecule has 0 rings (SSSR count). The first-order chi connectivity index (χ1) is 19.0.